The van der Waals surface area contributed by atoms with Crippen LogP contribution in [0.5, 0.6) is 0 Å². The molecule has 2 atom stereocenters. The zero-order valence-electron chi connectivity index (χ0n) is 15.6. The lowest BCUT2D eigenvalue weighted by molar-refractivity contribution is -0.114. The first-order valence-electron chi connectivity index (χ1n) is 9.40. The quantitative estimate of drug-likeness (QED) is 0.850. The third-order valence-corrected chi connectivity index (χ3v) is 6.70. The fourth-order valence-electron chi connectivity index (χ4n) is 4.18. The van der Waals surface area contributed by atoms with Crippen molar-refractivity contribution < 1.29 is 9.59 Å². The van der Waals surface area contributed by atoms with Crippen LogP contribution in [0.4, 0.5) is 5.69 Å². The maximum absolute atomic E-state index is 12.7. The molecule has 27 heavy (non-hydrogen) atoms. The van der Waals surface area contributed by atoms with E-state index in [4.69, 9.17) is 0 Å². The summed E-state index contributed by atoms with van der Waals surface area (Å²) in [5.74, 6) is 0.458. The molecule has 0 saturated carbocycles. The fourth-order valence-corrected chi connectivity index (χ4v) is 5.00. The highest BCUT2D eigenvalue weighted by molar-refractivity contribution is 7.16. The van der Waals surface area contributed by atoms with Gasteiger partial charge in [-0.2, -0.15) is 0 Å². The van der Waals surface area contributed by atoms with Crippen LogP contribution in [0.3, 0.4) is 0 Å². The predicted octanol–water partition coefficient (Wildman–Crippen LogP) is 2.98. The largest absolute Gasteiger partial charge is 0.347 e. The van der Waals surface area contributed by atoms with E-state index < -0.39 is 0 Å². The van der Waals surface area contributed by atoms with Crippen LogP contribution < -0.4 is 10.6 Å². The van der Waals surface area contributed by atoms with Gasteiger partial charge in [0.2, 0.25) is 5.91 Å². The highest BCUT2D eigenvalue weighted by Gasteiger charge is 2.40. The van der Waals surface area contributed by atoms with Gasteiger partial charge in [0, 0.05) is 30.3 Å². The van der Waals surface area contributed by atoms with E-state index in [-0.39, 0.29) is 17.9 Å². The first kappa shape index (κ1) is 18.1. The number of thiazole rings is 1. The number of amides is 2. The Hall–Kier alpha value is -2.25. The summed E-state index contributed by atoms with van der Waals surface area (Å²) >= 11 is 1.40. The Morgan fingerprint density at radius 2 is 1.89 bits per heavy atom. The van der Waals surface area contributed by atoms with Gasteiger partial charge in [0.1, 0.15) is 9.88 Å². The zero-order chi connectivity index (χ0) is 19.0. The SMILES string of the molecule is CC(=O)Nc1ccc(-c2ncc(C(=O)NC3C4CCN(CC4)C3C)s2)cc1. The van der Waals surface area contributed by atoms with Gasteiger partial charge < -0.3 is 10.6 Å². The molecule has 0 radical (unpaired) electrons. The molecular weight excluding hydrogens is 360 g/mol. The summed E-state index contributed by atoms with van der Waals surface area (Å²) in [6.07, 6.45) is 4.00. The topological polar surface area (TPSA) is 74.3 Å². The van der Waals surface area contributed by atoms with Gasteiger partial charge >= 0.3 is 0 Å². The number of carbonyl (C=O) groups excluding carboxylic acids is 2. The summed E-state index contributed by atoms with van der Waals surface area (Å²) in [4.78, 5) is 31.4. The molecule has 3 fully saturated rings. The van der Waals surface area contributed by atoms with Crippen molar-refractivity contribution in [2.75, 3.05) is 18.4 Å². The standard InChI is InChI=1S/C20H24N4O2S/c1-12-18(14-7-9-24(12)10-8-14)23-19(26)17-11-21-20(27-17)15-3-5-16(6-4-15)22-13(2)25/h3-6,11-12,14,18H,7-10H2,1-2H3,(H,22,25)(H,23,26). The maximum atomic E-state index is 12.7. The summed E-state index contributed by atoms with van der Waals surface area (Å²) in [6.45, 7) is 6.00. The van der Waals surface area contributed by atoms with Gasteiger partial charge in [-0.3, -0.25) is 14.5 Å². The van der Waals surface area contributed by atoms with Crippen molar-refractivity contribution in [3.05, 3.63) is 35.3 Å². The number of carbonyl (C=O) groups is 2. The number of piperidine rings is 3. The van der Waals surface area contributed by atoms with Crippen LogP contribution in [0, 0.1) is 5.92 Å². The van der Waals surface area contributed by atoms with Crippen LogP contribution in [0.2, 0.25) is 0 Å². The van der Waals surface area contributed by atoms with Gasteiger partial charge in [-0.15, -0.1) is 11.3 Å². The first-order chi connectivity index (χ1) is 13.0. The number of rotatable bonds is 4. The van der Waals surface area contributed by atoms with Gasteiger partial charge in [0.25, 0.3) is 5.91 Å². The van der Waals surface area contributed by atoms with Crippen LogP contribution in [0.25, 0.3) is 10.6 Å². The van der Waals surface area contributed by atoms with Crippen molar-refractivity contribution in [3.8, 4) is 10.6 Å². The Morgan fingerprint density at radius 1 is 1.19 bits per heavy atom. The molecule has 0 aliphatic carbocycles. The van der Waals surface area contributed by atoms with Crippen molar-refractivity contribution in [2.45, 2.75) is 38.8 Å². The molecule has 3 aliphatic heterocycles. The van der Waals surface area contributed by atoms with Crippen molar-refractivity contribution in [2.24, 2.45) is 5.92 Å². The molecule has 142 valence electrons. The van der Waals surface area contributed by atoms with Gasteiger partial charge in [-0.25, -0.2) is 4.98 Å². The van der Waals surface area contributed by atoms with Gasteiger partial charge in [0.15, 0.2) is 0 Å². The number of fused-ring (bicyclic) bond motifs is 3. The van der Waals surface area contributed by atoms with E-state index >= 15 is 0 Å². The lowest BCUT2D eigenvalue weighted by atomic mass is 9.79. The summed E-state index contributed by atoms with van der Waals surface area (Å²) in [5.41, 5.74) is 1.68. The lowest BCUT2D eigenvalue weighted by Gasteiger charge is -2.49. The Bertz CT molecular complexity index is 838. The van der Waals surface area contributed by atoms with Crippen LogP contribution in [0.1, 0.15) is 36.4 Å². The third kappa shape index (κ3) is 3.75. The molecule has 3 aliphatic rings. The molecule has 2 aromatic rings. The molecule has 2 unspecified atom stereocenters. The number of nitrogens with one attached hydrogen (secondary N) is 2. The van der Waals surface area contributed by atoms with Crippen LogP contribution in [-0.4, -0.2) is 46.9 Å². The summed E-state index contributed by atoms with van der Waals surface area (Å²) in [5, 5.41) is 6.80. The number of anilines is 1. The van der Waals surface area contributed by atoms with Crippen molar-refractivity contribution in [3.63, 3.8) is 0 Å². The Morgan fingerprint density at radius 3 is 2.52 bits per heavy atom. The highest BCUT2D eigenvalue weighted by Crippen LogP contribution is 2.33. The molecule has 0 spiro atoms. The summed E-state index contributed by atoms with van der Waals surface area (Å²) < 4.78 is 0. The van der Waals surface area contributed by atoms with E-state index in [1.165, 1.54) is 31.1 Å². The Labute approximate surface area is 163 Å². The maximum Gasteiger partial charge on any atom is 0.263 e. The zero-order valence-corrected chi connectivity index (χ0v) is 16.4. The monoisotopic (exact) mass is 384 g/mol. The van der Waals surface area contributed by atoms with E-state index in [1.54, 1.807) is 6.20 Å². The molecule has 6 nitrogen and oxygen atoms in total. The lowest BCUT2D eigenvalue weighted by Crippen LogP contribution is -2.62. The molecule has 2 bridgehead atoms. The normalized spacial score (nSPS) is 26.6. The number of nitrogens with zero attached hydrogens (tertiary/aromatic N) is 2. The first-order valence-corrected chi connectivity index (χ1v) is 10.2. The second kappa shape index (κ2) is 7.40. The molecule has 1 aromatic carbocycles. The Kier molecular flexibility index (Phi) is 4.97. The Balaban J connectivity index is 1.44. The molecule has 5 rings (SSSR count). The van der Waals surface area contributed by atoms with E-state index in [1.807, 2.05) is 24.3 Å². The number of hydrogen-bond donors (Lipinski definition) is 2. The van der Waals surface area contributed by atoms with E-state index in [0.717, 1.165) is 29.3 Å². The summed E-state index contributed by atoms with van der Waals surface area (Å²) in [6, 6.07) is 8.11. The van der Waals surface area contributed by atoms with E-state index in [0.29, 0.717) is 16.8 Å². The number of benzene rings is 1. The molecule has 4 heterocycles. The minimum absolute atomic E-state index is 0.0285. The van der Waals surface area contributed by atoms with Crippen molar-refractivity contribution in [1.82, 2.24) is 15.2 Å². The molecule has 2 amide bonds. The van der Waals surface area contributed by atoms with E-state index in [2.05, 4.69) is 27.4 Å². The van der Waals surface area contributed by atoms with Crippen molar-refractivity contribution >= 4 is 28.8 Å². The van der Waals surface area contributed by atoms with Crippen molar-refractivity contribution in [1.29, 1.82) is 0 Å². The van der Waals surface area contributed by atoms with Gasteiger partial charge in [0.05, 0.1) is 6.20 Å². The third-order valence-electron chi connectivity index (χ3n) is 5.66. The average molecular weight is 385 g/mol. The average Bonchev–Trinajstić information content (AvgIpc) is 3.15. The number of hydrogen-bond acceptors (Lipinski definition) is 5. The van der Waals surface area contributed by atoms with Crippen LogP contribution in [-0.2, 0) is 4.79 Å². The minimum Gasteiger partial charge on any atom is -0.347 e. The van der Waals surface area contributed by atoms with Gasteiger partial charge in [-0.05, 0) is 63.0 Å². The molecule has 3 saturated heterocycles. The molecule has 1 aromatic heterocycles. The fraction of sp³-hybridized carbons (Fsp3) is 0.450. The second-order valence-electron chi connectivity index (χ2n) is 7.40. The number of aromatic nitrogens is 1. The summed E-state index contributed by atoms with van der Waals surface area (Å²) in [7, 11) is 0. The second-order valence-corrected chi connectivity index (χ2v) is 8.43. The molecule has 7 heteroatoms. The predicted molar refractivity (Wildman–Crippen MR) is 107 cm³/mol. The minimum atomic E-state index is -0.0991. The van der Waals surface area contributed by atoms with E-state index in [9.17, 15) is 9.59 Å². The van der Waals surface area contributed by atoms with Crippen LogP contribution >= 0.6 is 11.3 Å². The molecule has 2 N–H and O–H groups in total. The van der Waals surface area contributed by atoms with Crippen LogP contribution in [0.15, 0.2) is 30.5 Å². The molecular formula is C20H24N4O2S. The highest BCUT2D eigenvalue weighted by atomic mass is 32.1. The van der Waals surface area contributed by atoms with Gasteiger partial charge in [-0.1, -0.05) is 0 Å². The smallest absolute Gasteiger partial charge is 0.263 e.